The predicted octanol–water partition coefficient (Wildman–Crippen LogP) is 3.27. The number of benzene rings is 2. The Morgan fingerprint density at radius 2 is 2.04 bits per heavy atom. The van der Waals surface area contributed by atoms with Crippen LogP contribution in [0.3, 0.4) is 0 Å². The Balaban J connectivity index is 1.46. The molecule has 0 aliphatic heterocycles. The van der Waals surface area contributed by atoms with Gasteiger partial charge in [-0.25, -0.2) is 4.98 Å². The smallest absolute Gasteiger partial charge is 0.224 e. The number of carbonyl (C=O) groups excluding carboxylic acids is 1. The fraction of sp³-hybridized carbons (Fsp3) is 0.300. The number of aromatic nitrogens is 2. The first-order valence-corrected chi connectivity index (χ1v) is 8.47. The highest BCUT2D eigenvalue weighted by atomic mass is 16.5. The number of para-hydroxylation sites is 2. The molecule has 0 atom stereocenters. The zero-order valence-corrected chi connectivity index (χ0v) is 14.7. The van der Waals surface area contributed by atoms with Crippen molar-refractivity contribution in [2.24, 2.45) is 0 Å². The summed E-state index contributed by atoms with van der Waals surface area (Å²) in [5, 5.41) is 0. The van der Waals surface area contributed by atoms with Crippen molar-refractivity contribution in [1.82, 2.24) is 14.5 Å². The minimum Gasteiger partial charge on any atom is -0.492 e. The molecule has 0 aliphatic rings. The Bertz CT molecular complexity index is 857. The molecule has 0 spiro atoms. The van der Waals surface area contributed by atoms with Crippen molar-refractivity contribution in [3.8, 4) is 5.75 Å². The maximum Gasteiger partial charge on any atom is 0.224 e. The fourth-order valence-electron chi connectivity index (χ4n) is 2.73. The first kappa shape index (κ1) is 17.0. The molecule has 25 heavy (non-hydrogen) atoms. The van der Waals surface area contributed by atoms with Crippen LogP contribution in [0.4, 0.5) is 0 Å². The summed E-state index contributed by atoms with van der Waals surface area (Å²) in [4.78, 5) is 18.4. The maximum absolute atomic E-state index is 12.3. The van der Waals surface area contributed by atoms with Gasteiger partial charge in [0.1, 0.15) is 12.4 Å². The summed E-state index contributed by atoms with van der Waals surface area (Å²) in [6, 6.07) is 15.9. The Morgan fingerprint density at radius 1 is 1.20 bits per heavy atom. The van der Waals surface area contributed by atoms with Gasteiger partial charge in [-0.15, -0.1) is 0 Å². The molecule has 0 aliphatic carbocycles. The number of hydrogen-bond acceptors (Lipinski definition) is 3. The largest absolute Gasteiger partial charge is 0.492 e. The van der Waals surface area contributed by atoms with E-state index in [1.165, 1.54) is 0 Å². The van der Waals surface area contributed by atoms with E-state index in [9.17, 15) is 4.79 Å². The highest BCUT2D eigenvalue weighted by Gasteiger charge is 2.10. The van der Waals surface area contributed by atoms with Gasteiger partial charge < -0.3 is 14.2 Å². The standard InChI is InChI=1S/C20H23N3O2/c1-16-6-5-7-17(14-16)25-13-12-22(2)20(24)10-11-23-15-21-18-8-3-4-9-19(18)23/h3-9,14-15H,10-13H2,1-2H3. The molecule has 3 aromatic rings. The lowest BCUT2D eigenvalue weighted by atomic mass is 10.2. The third-order valence-electron chi connectivity index (χ3n) is 4.20. The molecule has 0 radical (unpaired) electrons. The molecule has 5 nitrogen and oxygen atoms in total. The molecule has 1 amide bonds. The molecule has 1 aromatic heterocycles. The van der Waals surface area contributed by atoms with Crippen LogP contribution in [0.5, 0.6) is 5.75 Å². The molecule has 0 saturated heterocycles. The summed E-state index contributed by atoms with van der Waals surface area (Å²) < 4.78 is 7.72. The Labute approximate surface area is 147 Å². The van der Waals surface area contributed by atoms with Gasteiger partial charge in [0, 0.05) is 20.0 Å². The SMILES string of the molecule is Cc1cccc(OCCN(C)C(=O)CCn2cnc3ccccc32)c1. The second-order valence-corrected chi connectivity index (χ2v) is 6.16. The van der Waals surface area contributed by atoms with Crippen molar-refractivity contribution in [1.29, 1.82) is 0 Å². The van der Waals surface area contributed by atoms with E-state index in [0.717, 1.165) is 22.3 Å². The minimum atomic E-state index is 0.102. The van der Waals surface area contributed by atoms with E-state index < -0.39 is 0 Å². The van der Waals surface area contributed by atoms with Crippen LogP contribution >= 0.6 is 0 Å². The number of aryl methyl sites for hydroxylation is 2. The van der Waals surface area contributed by atoms with Gasteiger partial charge in [-0.1, -0.05) is 24.3 Å². The Kier molecular flexibility index (Phi) is 5.33. The van der Waals surface area contributed by atoms with E-state index >= 15 is 0 Å². The van der Waals surface area contributed by atoms with Crippen LogP contribution in [0.25, 0.3) is 11.0 Å². The van der Waals surface area contributed by atoms with Crippen LogP contribution in [0, 0.1) is 6.92 Å². The van der Waals surface area contributed by atoms with Gasteiger partial charge in [-0.3, -0.25) is 4.79 Å². The first-order valence-electron chi connectivity index (χ1n) is 8.47. The van der Waals surface area contributed by atoms with Gasteiger partial charge in [0.2, 0.25) is 5.91 Å². The van der Waals surface area contributed by atoms with Gasteiger partial charge in [-0.2, -0.15) is 0 Å². The van der Waals surface area contributed by atoms with E-state index in [4.69, 9.17) is 4.74 Å². The average molecular weight is 337 g/mol. The monoisotopic (exact) mass is 337 g/mol. The van der Waals surface area contributed by atoms with E-state index in [2.05, 4.69) is 4.98 Å². The van der Waals surface area contributed by atoms with Crippen LogP contribution in [0.2, 0.25) is 0 Å². The summed E-state index contributed by atoms with van der Waals surface area (Å²) in [7, 11) is 1.81. The van der Waals surface area contributed by atoms with Gasteiger partial charge in [0.15, 0.2) is 0 Å². The number of hydrogen-bond donors (Lipinski definition) is 0. The molecule has 0 unspecified atom stereocenters. The molecule has 2 aromatic carbocycles. The molecule has 130 valence electrons. The lowest BCUT2D eigenvalue weighted by molar-refractivity contribution is -0.130. The quantitative estimate of drug-likeness (QED) is 0.665. The number of amides is 1. The number of likely N-dealkylation sites (N-methyl/N-ethyl adjacent to an activating group) is 1. The number of rotatable bonds is 7. The predicted molar refractivity (Wildman–Crippen MR) is 98.7 cm³/mol. The van der Waals surface area contributed by atoms with Crippen molar-refractivity contribution in [3.05, 3.63) is 60.4 Å². The molecular formula is C20H23N3O2. The zero-order chi connectivity index (χ0) is 17.6. The van der Waals surface area contributed by atoms with Crippen LogP contribution in [-0.4, -0.2) is 40.6 Å². The zero-order valence-electron chi connectivity index (χ0n) is 14.7. The van der Waals surface area contributed by atoms with Crippen molar-refractivity contribution in [3.63, 3.8) is 0 Å². The molecule has 3 rings (SSSR count). The van der Waals surface area contributed by atoms with Crippen LogP contribution < -0.4 is 4.74 Å². The molecule has 0 bridgehead atoms. The molecule has 0 fully saturated rings. The highest BCUT2D eigenvalue weighted by molar-refractivity contribution is 5.77. The summed E-state index contributed by atoms with van der Waals surface area (Å²) >= 11 is 0. The van der Waals surface area contributed by atoms with Crippen molar-refractivity contribution in [2.75, 3.05) is 20.2 Å². The van der Waals surface area contributed by atoms with Gasteiger partial charge >= 0.3 is 0 Å². The minimum absolute atomic E-state index is 0.102. The van der Waals surface area contributed by atoms with E-state index in [1.807, 2.05) is 67.1 Å². The lowest BCUT2D eigenvalue weighted by Crippen LogP contribution is -2.31. The number of nitrogens with zero attached hydrogens (tertiary/aromatic N) is 3. The summed E-state index contributed by atoms with van der Waals surface area (Å²) in [5.74, 6) is 0.941. The van der Waals surface area contributed by atoms with Crippen LogP contribution in [-0.2, 0) is 11.3 Å². The summed E-state index contributed by atoms with van der Waals surface area (Å²) in [6.07, 6.45) is 2.24. The fourth-order valence-corrected chi connectivity index (χ4v) is 2.73. The summed E-state index contributed by atoms with van der Waals surface area (Å²) in [6.45, 7) is 3.71. The molecule has 1 heterocycles. The third-order valence-corrected chi connectivity index (χ3v) is 4.20. The molecular weight excluding hydrogens is 314 g/mol. The molecule has 0 saturated carbocycles. The Morgan fingerprint density at radius 3 is 2.88 bits per heavy atom. The number of fused-ring (bicyclic) bond motifs is 1. The lowest BCUT2D eigenvalue weighted by Gasteiger charge is -2.18. The van der Waals surface area contributed by atoms with Crippen LogP contribution in [0.1, 0.15) is 12.0 Å². The van der Waals surface area contributed by atoms with E-state index in [1.54, 1.807) is 11.2 Å². The highest BCUT2D eigenvalue weighted by Crippen LogP contribution is 2.13. The second-order valence-electron chi connectivity index (χ2n) is 6.16. The van der Waals surface area contributed by atoms with Gasteiger partial charge in [-0.05, 0) is 36.8 Å². The summed E-state index contributed by atoms with van der Waals surface area (Å²) in [5.41, 5.74) is 3.17. The molecule has 0 N–H and O–H groups in total. The van der Waals surface area contributed by atoms with Crippen molar-refractivity contribution in [2.45, 2.75) is 19.9 Å². The Hall–Kier alpha value is -2.82. The normalized spacial score (nSPS) is 10.8. The van der Waals surface area contributed by atoms with Crippen LogP contribution in [0.15, 0.2) is 54.9 Å². The third kappa shape index (κ3) is 4.38. The maximum atomic E-state index is 12.3. The van der Waals surface area contributed by atoms with Gasteiger partial charge in [0.25, 0.3) is 0 Å². The van der Waals surface area contributed by atoms with E-state index in [-0.39, 0.29) is 5.91 Å². The topological polar surface area (TPSA) is 47.4 Å². The van der Waals surface area contributed by atoms with E-state index in [0.29, 0.717) is 26.1 Å². The van der Waals surface area contributed by atoms with Gasteiger partial charge in [0.05, 0.1) is 23.9 Å². The molecule has 5 heteroatoms. The number of imidazole rings is 1. The van der Waals surface area contributed by atoms with Crippen molar-refractivity contribution >= 4 is 16.9 Å². The number of carbonyl (C=O) groups is 1. The average Bonchev–Trinajstić information content (AvgIpc) is 3.03. The second kappa shape index (κ2) is 7.83. The number of ether oxygens (including phenoxy) is 1. The van der Waals surface area contributed by atoms with Crippen molar-refractivity contribution < 1.29 is 9.53 Å². The first-order chi connectivity index (χ1) is 12.1.